The second-order valence-corrected chi connectivity index (χ2v) is 7.21. The van der Waals surface area contributed by atoms with Crippen molar-refractivity contribution in [1.82, 2.24) is 9.97 Å². The van der Waals surface area contributed by atoms with E-state index >= 15 is 0 Å². The van der Waals surface area contributed by atoms with Crippen molar-refractivity contribution < 1.29 is 95.8 Å². The summed E-state index contributed by atoms with van der Waals surface area (Å²) < 4.78 is 8.89. The van der Waals surface area contributed by atoms with Gasteiger partial charge in [0.25, 0.3) is 0 Å². The van der Waals surface area contributed by atoms with Crippen molar-refractivity contribution in [3.63, 3.8) is 0 Å². The number of rotatable bonds is 4. The summed E-state index contributed by atoms with van der Waals surface area (Å²) in [7, 11) is 2.40. The van der Waals surface area contributed by atoms with Crippen LogP contribution in [0.2, 0.25) is 0 Å². The number of carbonyl (C=O) groups is 3. The Balaban J connectivity index is 0.000000648. The standard InChI is InChI=1S/C13H12NO3.C13H10NO3.2Y.H2/c2*1-8-10(12(15)13(16)17-2)7-9-5-3-4-6-11(9)14-8;;;/h3-6,12,15H,1-2H3;3-6H,1-2H3;;;1H/q2*-1;;;/t12-;;;;/m0..../s1/i;;;;1+1. The molecule has 36 heavy (non-hydrogen) atoms. The van der Waals surface area contributed by atoms with Crippen molar-refractivity contribution >= 4 is 39.5 Å². The van der Waals surface area contributed by atoms with Gasteiger partial charge in [0.1, 0.15) is 0 Å². The normalized spacial score (nSPS) is 10.7. The molecule has 0 aliphatic heterocycles. The van der Waals surface area contributed by atoms with E-state index in [0.29, 0.717) is 22.3 Å². The minimum absolute atomic E-state index is 0. The van der Waals surface area contributed by atoms with Gasteiger partial charge >= 0.3 is 11.9 Å². The molecule has 2 radical (unpaired) electrons. The van der Waals surface area contributed by atoms with Gasteiger partial charge < -0.3 is 29.3 Å². The van der Waals surface area contributed by atoms with Crippen LogP contribution in [-0.4, -0.2) is 47.0 Å². The van der Waals surface area contributed by atoms with Crippen LogP contribution in [-0.2, 0) is 84.5 Å². The van der Waals surface area contributed by atoms with Gasteiger partial charge in [-0.05, 0) is 28.0 Å². The van der Waals surface area contributed by atoms with Crippen LogP contribution >= 0.6 is 0 Å². The van der Waals surface area contributed by atoms with E-state index in [2.05, 4.69) is 31.6 Å². The molecule has 2 aromatic carbocycles. The third-order valence-corrected chi connectivity index (χ3v) is 4.96. The number of aliphatic hydroxyl groups excluding tert-OH is 1. The average Bonchev–Trinajstić information content (AvgIpc) is 2.86. The first kappa shape index (κ1) is 32.1. The van der Waals surface area contributed by atoms with Crippen molar-refractivity contribution in [2.24, 2.45) is 0 Å². The van der Waals surface area contributed by atoms with Gasteiger partial charge in [0.05, 0.1) is 14.2 Å². The molecule has 0 saturated carbocycles. The number of methoxy groups -OCH3 is 2. The zero-order chi connectivity index (χ0) is 24.8. The zero-order valence-electron chi connectivity index (χ0n) is 20.2. The molecule has 2 aromatic heterocycles. The van der Waals surface area contributed by atoms with Crippen LogP contribution in [0, 0.1) is 26.0 Å². The number of aromatic nitrogens is 2. The number of para-hydroxylation sites is 2. The minimum atomic E-state index is -1.34. The summed E-state index contributed by atoms with van der Waals surface area (Å²) in [5, 5.41) is 11.2. The molecule has 0 unspecified atom stereocenters. The molecule has 0 aliphatic rings. The average molecular weight is 639 g/mol. The number of aryl methyl sites for hydroxylation is 2. The Morgan fingerprint density at radius 3 is 1.86 bits per heavy atom. The largest absolute Gasteiger partial charge is 0.469 e. The molecule has 0 amide bonds. The van der Waals surface area contributed by atoms with Crippen LogP contribution in [0.15, 0.2) is 48.5 Å². The number of ether oxygens (including phenoxy) is 2. The van der Waals surface area contributed by atoms with Gasteiger partial charge in [-0.25, -0.2) is 4.79 Å². The molecule has 0 spiro atoms. The number of Topliss-reactive ketones (excluding diaryl/α,β-unsaturated/α-hetero) is 1. The Hall–Kier alpha value is -1.96. The van der Waals surface area contributed by atoms with Gasteiger partial charge in [0.2, 0.25) is 5.78 Å². The summed E-state index contributed by atoms with van der Waals surface area (Å²) in [5.41, 5.74) is 3.09. The van der Waals surface area contributed by atoms with Crippen molar-refractivity contribution in [3.05, 3.63) is 83.2 Å². The van der Waals surface area contributed by atoms with Crippen LogP contribution in [0.1, 0.15) is 34.8 Å². The molecule has 0 bridgehead atoms. The Morgan fingerprint density at radius 1 is 0.833 bits per heavy atom. The van der Waals surface area contributed by atoms with E-state index in [1.54, 1.807) is 19.9 Å². The number of hydrogen-bond acceptors (Lipinski definition) is 8. The second-order valence-electron chi connectivity index (χ2n) is 7.21. The summed E-state index contributed by atoms with van der Waals surface area (Å²) in [4.78, 5) is 42.7. The van der Waals surface area contributed by atoms with E-state index in [0.717, 1.165) is 16.4 Å². The first-order chi connectivity index (χ1) is 16.3. The molecule has 4 rings (SSSR count). The van der Waals surface area contributed by atoms with E-state index in [1.165, 1.54) is 14.2 Å². The van der Waals surface area contributed by atoms with E-state index in [4.69, 9.17) is 0 Å². The molecule has 1 N–H and O–H groups in total. The molecule has 182 valence electrons. The Bertz CT molecular complexity index is 1400. The van der Waals surface area contributed by atoms with Crippen molar-refractivity contribution in [2.75, 3.05) is 14.2 Å². The number of ketones is 1. The maximum absolute atomic E-state index is 11.7. The summed E-state index contributed by atoms with van der Waals surface area (Å²) >= 11 is 0. The summed E-state index contributed by atoms with van der Waals surface area (Å²) in [6, 6.07) is 20.6. The number of esters is 2. The number of pyridine rings is 2. The van der Waals surface area contributed by atoms with E-state index in [9.17, 15) is 19.5 Å². The fraction of sp³-hybridized carbons (Fsp3) is 0.192. The van der Waals surface area contributed by atoms with Gasteiger partial charge in [-0.2, -0.15) is 0 Å². The first-order valence-corrected chi connectivity index (χ1v) is 10.2. The van der Waals surface area contributed by atoms with Gasteiger partial charge in [0.15, 0.2) is 6.10 Å². The van der Waals surface area contributed by atoms with Crippen LogP contribution in [0.3, 0.4) is 0 Å². The number of carbonyl (C=O) groups excluding carboxylic acids is 3. The molecular formula is C26H24N2O6Y2-2. The summed E-state index contributed by atoms with van der Waals surface area (Å²) in [6.07, 6.45) is -1.34. The predicted octanol–water partition coefficient (Wildman–Crippen LogP) is 3.49. The maximum atomic E-state index is 11.7. The van der Waals surface area contributed by atoms with Crippen molar-refractivity contribution in [2.45, 2.75) is 20.0 Å². The minimum Gasteiger partial charge on any atom is -0.469 e. The Morgan fingerprint density at radius 2 is 1.33 bits per heavy atom. The fourth-order valence-corrected chi connectivity index (χ4v) is 3.20. The van der Waals surface area contributed by atoms with Crippen molar-refractivity contribution in [1.29, 1.82) is 0 Å². The Kier molecular flexibility index (Phi) is 13.1. The Labute approximate surface area is 260 Å². The molecule has 0 aliphatic carbocycles. The molecule has 10 heteroatoms. The number of benzene rings is 2. The predicted molar refractivity (Wildman–Crippen MR) is 126 cm³/mol. The van der Waals surface area contributed by atoms with Gasteiger partial charge in [-0.1, -0.05) is 55.1 Å². The monoisotopic (exact) mass is 639 g/mol. The van der Waals surface area contributed by atoms with E-state index in [1.807, 2.05) is 42.5 Å². The molecule has 4 aromatic rings. The van der Waals surface area contributed by atoms with E-state index in [-0.39, 0.29) is 72.4 Å². The van der Waals surface area contributed by atoms with Crippen LogP contribution in [0.5, 0.6) is 0 Å². The van der Waals surface area contributed by atoms with Gasteiger partial charge in [0, 0.05) is 66.8 Å². The number of hydrogen-bond donors (Lipinski definition) is 1. The van der Waals surface area contributed by atoms with Gasteiger partial charge in [-0.15, -0.1) is 35.7 Å². The van der Waals surface area contributed by atoms with E-state index < -0.39 is 23.8 Å². The quantitative estimate of drug-likeness (QED) is 0.156. The first-order valence-electron chi connectivity index (χ1n) is 10.2. The molecule has 2 heterocycles. The van der Waals surface area contributed by atoms with Crippen LogP contribution < -0.4 is 0 Å². The summed E-state index contributed by atoms with van der Waals surface area (Å²) in [6.45, 7) is 3.39. The third kappa shape index (κ3) is 7.53. The smallest absolute Gasteiger partial charge is 0.344 e. The molecular weight excluding hydrogens is 614 g/mol. The topological polar surface area (TPSA) is 116 Å². The molecule has 1 atom stereocenters. The molecule has 0 saturated heterocycles. The van der Waals surface area contributed by atoms with Crippen LogP contribution in [0.25, 0.3) is 21.8 Å². The second kappa shape index (κ2) is 14.7. The molecule has 0 fully saturated rings. The number of aliphatic hydroxyl groups is 1. The zero-order valence-corrected chi connectivity index (χ0v) is 25.9. The number of fused-ring (bicyclic) bond motifs is 2. The third-order valence-electron chi connectivity index (χ3n) is 4.96. The van der Waals surface area contributed by atoms with Crippen LogP contribution in [0.4, 0.5) is 0 Å². The molecule has 8 nitrogen and oxygen atoms in total. The maximum Gasteiger partial charge on any atom is 0.344 e. The summed E-state index contributed by atoms with van der Waals surface area (Å²) in [5.74, 6) is -2.33. The van der Waals surface area contributed by atoms with Gasteiger partial charge in [-0.3, -0.25) is 4.79 Å². The van der Waals surface area contributed by atoms with Crippen molar-refractivity contribution in [3.8, 4) is 0 Å². The fourth-order valence-electron chi connectivity index (χ4n) is 3.20. The number of nitrogens with zero attached hydrogens (tertiary/aromatic N) is 2. The SMILES string of the molecule is COC(=O)C(=O)c1[c-]c2ccccc2nc1C.COC(=O)[C@@H](O)c1[c-]c2ccccc2nc1C.[2HH].[Y].[Y].